The highest BCUT2D eigenvalue weighted by molar-refractivity contribution is 5.92. The molecule has 1 rings (SSSR count). The van der Waals surface area contributed by atoms with Crippen LogP contribution in [-0.4, -0.2) is 24.2 Å². The van der Waals surface area contributed by atoms with Crippen LogP contribution in [0.3, 0.4) is 0 Å². The molecule has 1 aromatic carbocycles. The molecule has 0 heterocycles. The van der Waals surface area contributed by atoms with Crippen LogP contribution < -0.4 is 10.2 Å². The monoisotopic (exact) mass is 236 g/mol. The molecule has 0 fully saturated rings. The Morgan fingerprint density at radius 3 is 2.76 bits per heavy atom. The zero-order valence-corrected chi connectivity index (χ0v) is 10.4. The van der Waals surface area contributed by atoms with Gasteiger partial charge in [0, 0.05) is 24.8 Å². The van der Waals surface area contributed by atoms with E-state index in [9.17, 15) is 9.90 Å². The number of nitrogens with zero attached hydrogens (tertiary/aromatic N) is 1. The first-order valence-corrected chi connectivity index (χ1v) is 6.03. The number of rotatable bonds is 5. The summed E-state index contributed by atoms with van der Waals surface area (Å²) in [6, 6.07) is 6.59. The number of carbonyl (C=O) groups is 1. The molecule has 0 aliphatic carbocycles. The average molecular weight is 236 g/mol. The predicted octanol–water partition coefficient (Wildman–Crippen LogP) is 2.73. The number of anilines is 1. The van der Waals surface area contributed by atoms with Crippen LogP contribution in [0.1, 0.15) is 26.7 Å². The van der Waals surface area contributed by atoms with Gasteiger partial charge < -0.3 is 10.4 Å². The third-order valence-corrected chi connectivity index (χ3v) is 2.51. The fraction of sp³-hybridized carbons (Fsp3) is 0.462. The summed E-state index contributed by atoms with van der Waals surface area (Å²) >= 11 is 0. The van der Waals surface area contributed by atoms with Gasteiger partial charge in [-0.1, -0.05) is 19.4 Å². The molecule has 0 spiro atoms. The fourth-order valence-corrected chi connectivity index (χ4v) is 1.57. The summed E-state index contributed by atoms with van der Waals surface area (Å²) in [7, 11) is 0. The van der Waals surface area contributed by atoms with Crippen LogP contribution in [0.4, 0.5) is 10.5 Å². The van der Waals surface area contributed by atoms with E-state index in [-0.39, 0.29) is 11.8 Å². The Balaban J connectivity index is 2.67. The van der Waals surface area contributed by atoms with Gasteiger partial charge in [0.15, 0.2) is 0 Å². The lowest BCUT2D eigenvalue weighted by Gasteiger charge is -2.21. The predicted molar refractivity (Wildman–Crippen MR) is 69.4 cm³/mol. The van der Waals surface area contributed by atoms with Crippen LogP contribution in [0, 0.1) is 0 Å². The first-order chi connectivity index (χ1) is 8.19. The largest absolute Gasteiger partial charge is 0.508 e. The normalized spacial score (nSPS) is 10.0. The number of benzene rings is 1. The van der Waals surface area contributed by atoms with Gasteiger partial charge in [-0.3, -0.25) is 4.90 Å². The number of hydrogen-bond acceptors (Lipinski definition) is 2. The van der Waals surface area contributed by atoms with Crippen molar-refractivity contribution in [1.29, 1.82) is 0 Å². The van der Waals surface area contributed by atoms with Crippen LogP contribution in [0.15, 0.2) is 24.3 Å². The van der Waals surface area contributed by atoms with Crippen molar-refractivity contribution in [2.24, 2.45) is 0 Å². The van der Waals surface area contributed by atoms with E-state index in [2.05, 4.69) is 12.2 Å². The Hall–Kier alpha value is -1.71. The number of unbranched alkanes of at least 4 members (excludes halogenated alkanes) is 1. The molecular formula is C13H20N2O2. The highest BCUT2D eigenvalue weighted by Crippen LogP contribution is 2.19. The Bertz CT molecular complexity index is 366. The van der Waals surface area contributed by atoms with Crippen molar-refractivity contribution in [2.75, 3.05) is 18.0 Å². The number of phenolic OH excluding ortho intramolecular Hbond substituents is 1. The van der Waals surface area contributed by atoms with Gasteiger partial charge in [-0.15, -0.1) is 0 Å². The van der Waals surface area contributed by atoms with Gasteiger partial charge in [0.1, 0.15) is 5.75 Å². The standard InChI is InChI=1S/C13H20N2O2/c1-3-5-9-14-13(17)15(4-2)11-7-6-8-12(16)10-11/h6-8,10,16H,3-5,9H2,1-2H3,(H,14,17). The molecule has 0 bridgehead atoms. The van der Waals surface area contributed by atoms with E-state index in [1.54, 1.807) is 23.1 Å². The number of amides is 2. The number of carbonyl (C=O) groups excluding carboxylic acids is 1. The van der Waals surface area contributed by atoms with Crippen molar-refractivity contribution in [3.05, 3.63) is 24.3 Å². The third kappa shape index (κ3) is 3.98. The summed E-state index contributed by atoms with van der Waals surface area (Å²) < 4.78 is 0. The second kappa shape index (κ2) is 6.78. The van der Waals surface area contributed by atoms with E-state index in [4.69, 9.17) is 0 Å². The summed E-state index contributed by atoms with van der Waals surface area (Å²) in [5.41, 5.74) is 0.710. The van der Waals surface area contributed by atoms with E-state index in [0.29, 0.717) is 18.8 Å². The highest BCUT2D eigenvalue weighted by Gasteiger charge is 2.12. The maximum absolute atomic E-state index is 11.9. The first-order valence-electron chi connectivity index (χ1n) is 6.03. The molecule has 94 valence electrons. The van der Waals surface area contributed by atoms with E-state index in [1.807, 2.05) is 13.0 Å². The van der Waals surface area contributed by atoms with Gasteiger partial charge in [-0.25, -0.2) is 4.79 Å². The molecule has 0 atom stereocenters. The van der Waals surface area contributed by atoms with Crippen LogP contribution in [0.25, 0.3) is 0 Å². The molecule has 4 nitrogen and oxygen atoms in total. The minimum atomic E-state index is -0.119. The lowest BCUT2D eigenvalue weighted by molar-refractivity contribution is 0.246. The summed E-state index contributed by atoms with van der Waals surface area (Å²) in [6.07, 6.45) is 2.03. The molecule has 4 heteroatoms. The molecule has 0 aromatic heterocycles. The van der Waals surface area contributed by atoms with Gasteiger partial charge >= 0.3 is 6.03 Å². The second-order valence-corrected chi connectivity index (χ2v) is 3.85. The summed E-state index contributed by atoms with van der Waals surface area (Å²) in [5, 5.41) is 12.3. The molecule has 0 saturated heterocycles. The minimum absolute atomic E-state index is 0.119. The Morgan fingerprint density at radius 1 is 1.41 bits per heavy atom. The van der Waals surface area contributed by atoms with Crippen molar-refractivity contribution < 1.29 is 9.90 Å². The molecule has 0 saturated carbocycles. The van der Waals surface area contributed by atoms with Gasteiger partial charge in [0.25, 0.3) is 0 Å². The zero-order chi connectivity index (χ0) is 12.7. The molecule has 2 amide bonds. The molecule has 0 aliphatic heterocycles. The van der Waals surface area contributed by atoms with Crippen LogP contribution in [-0.2, 0) is 0 Å². The molecular weight excluding hydrogens is 216 g/mol. The van der Waals surface area contributed by atoms with Gasteiger partial charge in [-0.2, -0.15) is 0 Å². The number of nitrogens with one attached hydrogen (secondary N) is 1. The van der Waals surface area contributed by atoms with Crippen molar-refractivity contribution in [2.45, 2.75) is 26.7 Å². The van der Waals surface area contributed by atoms with Crippen molar-refractivity contribution >= 4 is 11.7 Å². The smallest absolute Gasteiger partial charge is 0.321 e. The van der Waals surface area contributed by atoms with Gasteiger partial charge in [0.05, 0.1) is 0 Å². The lowest BCUT2D eigenvalue weighted by Crippen LogP contribution is -2.40. The first kappa shape index (κ1) is 13.4. The van der Waals surface area contributed by atoms with Gasteiger partial charge in [-0.05, 0) is 25.5 Å². The molecule has 1 aromatic rings. The zero-order valence-electron chi connectivity index (χ0n) is 10.4. The van der Waals surface area contributed by atoms with Gasteiger partial charge in [0.2, 0.25) is 0 Å². The van der Waals surface area contributed by atoms with Crippen LogP contribution in [0.5, 0.6) is 5.75 Å². The Morgan fingerprint density at radius 2 is 2.18 bits per heavy atom. The summed E-state index contributed by atoms with van der Waals surface area (Å²) in [4.78, 5) is 13.5. The topological polar surface area (TPSA) is 52.6 Å². The van der Waals surface area contributed by atoms with Crippen LogP contribution in [0.2, 0.25) is 0 Å². The molecule has 2 N–H and O–H groups in total. The quantitative estimate of drug-likeness (QED) is 0.772. The maximum Gasteiger partial charge on any atom is 0.321 e. The Labute approximate surface area is 102 Å². The van der Waals surface area contributed by atoms with E-state index in [0.717, 1.165) is 12.8 Å². The lowest BCUT2D eigenvalue weighted by atomic mass is 10.2. The number of hydrogen-bond donors (Lipinski definition) is 2. The van der Waals surface area contributed by atoms with Crippen molar-refractivity contribution in [3.8, 4) is 5.75 Å². The SMILES string of the molecule is CCCCNC(=O)N(CC)c1cccc(O)c1. The van der Waals surface area contributed by atoms with E-state index in [1.165, 1.54) is 0 Å². The van der Waals surface area contributed by atoms with Crippen molar-refractivity contribution in [1.82, 2.24) is 5.32 Å². The minimum Gasteiger partial charge on any atom is -0.508 e. The third-order valence-electron chi connectivity index (χ3n) is 2.51. The molecule has 0 aliphatic rings. The van der Waals surface area contributed by atoms with E-state index < -0.39 is 0 Å². The number of phenols is 1. The summed E-state index contributed by atoms with van der Waals surface area (Å²) in [5.74, 6) is 0.169. The maximum atomic E-state index is 11.9. The number of urea groups is 1. The Kier molecular flexibility index (Phi) is 5.33. The fourth-order valence-electron chi connectivity index (χ4n) is 1.57. The van der Waals surface area contributed by atoms with E-state index >= 15 is 0 Å². The van der Waals surface area contributed by atoms with Crippen molar-refractivity contribution in [3.63, 3.8) is 0 Å². The molecule has 17 heavy (non-hydrogen) atoms. The molecule has 0 unspecified atom stereocenters. The summed E-state index contributed by atoms with van der Waals surface area (Å²) in [6.45, 7) is 5.24. The average Bonchev–Trinajstić information content (AvgIpc) is 2.30. The molecule has 0 radical (unpaired) electrons. The number of aromatic hydroxyl groups is 1. The second-order valence-electron chi connectivity index (χ2n) is 3.85. The highest BCUT2D eigenvalue weighted by atomic mass is 16.3. The van der Waals surface area contributed by atoms with Crippen LogP contribution >= 0.6 is 0 Å².